The van der Waals surface area contributed by atoms with Crippen LogP contribution in [0.1, 0.15) is 31.8 Å². The summed E-state index contributed by atoms with van der Waals surface area (Å²) < 4.78 is 0. The molecule has 0 saturated carbocycles. The molecule has 0 fully saturated rings. The molecule has 0 saturated heterocycles. The van der Waals surface area contributed by atoms with Crippen LogP contribution in [-0.2, 0) is 0 Å². The van der Waals surface area contributed by atoms with Crippen LogP contribution in [0.3, 0.4) is 0 Å². The van der Waals surface area contributed by atoms with Crippen molar-refractivity contribution in [3.63, 3.8) is 0 Å². The van der Waals surface area contributed by atoms with Gasteiger partial charge in [0.15, 0.2) is 0 Å². The molecular weight excluding hydrogens is 270 g/mol. The minimum Gasteiger partial charge on any atom is -0.508 e. The smallest absolute Gasteiger partial charge is 0.337 e. The van der Waals surface area contributed by atoms with Crippen molar-refractivity contribution in [1.29, 1.82) is 0 Å². The number of aromatic carboxylic acids is 1. The number of hydrogen-bond acceptors (Lipinski definition) is 3. The Bertz CT molecular complexity index is 722. The van der Waals surface area contributed by atoms with E-state index in [0.717, 1.165) is 5.56 Å². The SMILES string of the molecule is Cc1ccc(NC(=O)c2ccc(O)cc2C)c(C(=O)O)c1. The molecule has 0 bridgehead atoms. The fourth-order valence-electron chi connectivity index (χ4n) is 2.04. The molecule has 0 heterocycles. The highest BCUT2D eigenvalue weighted by atomic mass is 16.4. The zero-order chi connectivity index (χ0) is 15.6. The Hall–Kier alpha value is -2.82. The number of aryl methyl sites for hydroxylation is 2. The number of phenols is 1. The van der Waals surface area contributed by atoms with Gasteiger partial charge in [0.05, 0.1) is 11.3 Å². The lowest BCUT2D eigenvalue weighted by atomic mass is 10.1. The van der Waals surface area contributed by atoms with Crippen LogP contribution in [0.5, 0.6) is 5.75 Å². The van der Waals surface area contributed by atoms with Gasteiger partial charge in [-0.2, -0.15) is 0 Å². The summed E-state index contributed by atoms with van der Waals surface area (Å²) in [5.74, 6) is -1.44. The lowest BCUT2D eigenvalue weighted by Gasteiger charge is -2.11. The average Bonchev–Trinajstić information content (AvgIpc) is 2.40. The molecule has 0 aromatic heterocycles. The van der Waals surface area contributed by atoms with E-state index in [1.165, 1.54) is 24.3 Å². The molecule has 0 radical (unpaired) electrons. The molecular formula is C16H15NO4. The zero-order valence-electron chi connectivity index (χ0n) is 11.7. The highest BCUT2D eigenvalue weighted by Gasteiger charge is 2.15. The van der Waals surface area contributed by atoms with Gasteiger partial charge in [0.1, 0.15) is 5.75 Å². The first kappa shape index (κ1) is 14.6. The molecule has 3 N–H and O–H groups in total. The van der Waals surface area contributed by atoms with Gasteiger partial charge >= 0.3 is 5.97 Å². The first-order chi connectivity index (χ1) is 9.88. The van der Waals surface area contributed by atoms with Gasteiger partial charge < -0.3 is 15.5 Å². The summed E-state index contributed by atoms with van der Waals surface area (Å²) in [4.78, 5) is 23.4. The number of amides is 1. The molecule has 108 valence electrons. The summed E-state index contributed by atoms with van der Waals surface area (Å²) >= 11 is 0. The lowest BCUT2D eigenvalue weighted by molar-refractivity contribution is 0.0698. The van der Waals surface area contributed by atoms with Crippen LogP contribution in [0.2, 0.25) is 0 Å². The highest BCUT2D eigenvalue weighted by molar-refractivity contribution is 6.08. The van der Waals surface area contributed by atoms with Crippen molar-refractivity contribution in [2.45, 2.75) is 13.8 Å². The Morgan fingerprint density at radius 2 is 1.71 bits per heavy atom. The molecule has 0 unspecified atom stereocenters. The van der Waals surface area contributed by atoms with Crippen molar-refractivity contribution in [3.8, 4) is 5.75 Å². The van der Waals surface area contributed by atoms with Crippen molar-refractivity contribution in [2.24, 2.45) is 0 Å². The number of rotatable bonds is 3. The van der Waals surface area contributed by atoms with Crippen LogP contribution in [-0.4, -0.2) is 22.1 Å². The topological polar surface area (TPSA) is 86.6 Å². The first-order valence-electron chi connectivity index (χ1n) is 6.33. The summed E-state index contributed by atoms with van der Waals surface area (Å²) in [5.41, 5.74) is 2.07. The number of carbonyl (C=O) groups is 2. The summed E-state index contributed by atoms with van der Waals surface area (Å²) in [7, 11) is 0. The third kappa shape index (κ3) is 3.20. The summed E-state index contributed by atoms with van der Waals surface area (Å²) in [6.07, 6.45) is 0. The summed E-state index contributed by atoms with van der Waals surface area (Å²) in [6.45, 7) is 3.48. The molecule has 21 heavy (non-hydrogen) atoms. The maximum atomic E-state index is 12.2. The maximum Gasteiger partial charge on any atom is 0.337 e. The summed E-state index contributed by atoms with van der Waals surface area (Å²) in [6, 6.07) is 9.17. The van der Waals surface area contributed by atoms with Crippen molar-refractivity contribution in [3.05, 3.63) is 58.7 Å². The minimum atomic E-state index is -1.10. The molecule has 2 aromatic rings. The van der Waals surface area contributed by atoms with Crippen LogP contribution in [0.25, 0.3) is 0 Å². The van der Waals surface area contributed by atoms with Crippen molar-refractivity contribution >= 4 is 17.6 Å². The van der Waals surface area contributed by atoms with Gasteiger partial charge in [0.2, 0.25) is 0 Å². The van der Waals surface area contributed by atoms with Crippen LogP contribution in [0, 0.1) is 13.8 Å². The quantitative estimate of drug-likeness (QED) is 0.809. The second kappa shape index (κ2) is 5.66. The van der Waals surface area contributed by atoms with E-state index in [9.17, 15) is 19.8 Å². The maximum absolute atomic E-state index is 12.2. The molecule has 0 atom stereocenters. The number of benzene rings is 2. The Kier molecular flexibility index (Phi) is 3.93. The predicted molar refractivity (Wildman–Crippen MR) is 78.9 cm³/mol. The van der Waals surface area contributed by atoms with E-state index in [1.54, 1.807) is 26.0 Å². The molecule has 1 amide bonds. The van der Waals surface area contributed by atoms with Gasteiger partial charge in [-0.05, 0) is 49.7 Å². The van der Waals surface area contributed by atoms with Crippen LogP contribution >= 0.6 is 0 Å². The van der Waals surface area contributed by atoms with Crippen molar-refractivity contribution in [1.82, 2.24) is 0 Å². The van der Waals surface area contributed by atoms with Gasteiger partial charge in [-0.3, -0.25) is 4.79 Å². The third-order valence-corrected chi connectivity index (χ3v) is 3.11. The average molecular weight is 285 g/mol. The highest BCUT2D eigenvalue weighted by Crippen LogP contribution is 2.21. The number of carboxylic acids is 1. The largest absolute Gasteiger partial charge is 0.508 e. The van der Waals surface area contributed by atoms with Gasteiger partial charge in [-0.25, -0.2) is 4.79 Å². The fourth-order valence-corrected chi connectivity index (χ4v) is 2.04. The third-order valence-electron chi connectivity index (χ3n) is 3.11. The predicted octanol–water partition coefficient (Wildman–Crippen LogP) is 2.96. The van der Waals surface area contributed by atoms with Gasteiger partial charge in [0.25, 0.3) is 5.91 Å². The van der Waals surface area contributed by atoms with Crippen molar-refractivity contribution in [2.75, 3.05) is 5.32 Å². The van der Waals surface area contributed by atoms with E-state index < -0.39 is 11.9 Å². The minimum absolute atomic E-state index is 0.0415. The summed E-state index contributed by atoms with van der Waals surface area (Å²) in [5, 5.41) is 21.1. The van der Waals surface area contributed by atoms with E-state index in [-0.39, 0.29) is 17.0 Å². The Labute approximate surface area is 121 Å². The van der Waals surface area contributed by atoms with Crippen molar-refractivity contribution < 1.29 is 19.8 Å². The van der Waals surface area contributed by atoms with Crippen LogP contribution in [0.15, 0.2) is 36.4 Å². The number of carboxylic acid groups (broad SMARTS) is 1. The molecule has 0 aliphatic carbocycles. The number of anilines is 1. The van der Waals surface area contributed by atoms with Crippen LogP contribution < -0.4 is 5.32 Å². The number of aromatic hydroxyl groups is 1. The number of phenolic OH excluding ortho intramolecular Hbond substituents is 1. The number of carbonyl (C=O) groups excluding carboxylic acids is 1. The molecule has 5 heteroatoms. The molecule has 0 aliphatic heterocycles. The van der Waals surface area contributed by atoms with Gasteiger partial charge in [0, 0.05) is 5.56 Å². The van der Waals surface area contributed by atoms with Gasteiger partial charge in [-0.15, -0.1) is 0 Å². The number of nitrogens with one attached hydrogen (secondary N) is 1. The van der Waals surface area contributed by atoms with E-state index in [1.807, 2.05) is 0 Å². The zero-order valence-corrected chi connectivity index (χ0v) is 11.7. The molecule has 2 rings (SSSR count). The van der Waals surface area contributed by atoms with Gasteiger partial charge in [-0.1, -0.05) is 11.6 Å². The van der Waals surface area contributed by atoms with E-state index in [2.05, 4.69) is 5.32 Å². The van der Waals surface area contributed by atoms with E-state index >= 15 is 0 Å². The normalized spacial score (nSPS) is 10.2. The second-order valence-electron chi connectivity index (χ2n) is 4.81. The fraction of sp³-hybridized carbons (Fsp3) is 0.125. The van der Waals surface area contributed by atoms with E-state index in [0.29, 0.717) is 11.1 Å². The Balaban J connectivity index is 2.34. The monoisotopic (exact) mass is 285 g/mol. The van der Waals surface area contributed by atoms with Crippen LogP contribution in [0.4, 0.5) is 5.69 Å². The molecule has 0 aliphatic rings. The second-order valence-corrected chi connectivity index (χ2v) is 4.81. The molecule has 5 nitrogen and oxygen atoms in total. The lowest BCUT2D eigenvalue weighted by Crippen LogP contribution is -2.16. The molecule has 0 spiro atoms. The van der Waals surface area contributed by atoms with E-state index in [4.69, 9.17) is 0 Å². The first-order valence-corrected chi connectivity index (χ1v) is 6.33. The Morgan fingerprint density at radius 1 is 1.00 bits per heavy atom. The number of hydrogen-bond donors (Lipinski definition) is 3. The standard InChI is InChI=1S/C16H15NO4/c1-9-3-6-14(13(7-9)16(20)21)17-15(19)12-5-4-11(18)8-10(12)2/h3-8,18H,1-2H3,(H,17,19)(H,20,21). The Morgan fingerprint density at radius 3 is 2.33 bits per heavy atom. The molecule has 2 aromatic carbocycles.